The number of carbonyl (C=O) groups excluding carboxylic acids is 1. The molecule has 0 aromatic heterocycles. The van der Waals surface area contributed by atoms with E-state index in [0.717, 1.165) is 32.1 Å². The number of carbonyl (C=O) groups is 1. The molecule has 0 fully saturated rings. The minimum absolute atomic E-state index is 0.0186. The highest BCUT2D eigenvalue weighted by Gasteiger charge is 2.13. The van der Waals surface area contributed by atoms with Crippen LogP contribution in [0.1, 0.15) is 46.0 Å². The standard InChI is InChI=1S/C12H22O2/c1-3-5-7-9-12(14)11(10-13)8-6-4-2/h7,9,11,13H,3-6,8,10H2,1-2H3. The van der Waals surface area contributed by atoms with E-state index in [0.29, 0.717) is 0 Å². The quantitative estimate of drug-likeness (QED) is 0.609. The van der Waals surface area contributed by atoms with Gasteiger partial charge < -0.3 is 5.11 Å². The lowest BCUT2D eigenvalue weighted by Gasteiger charge is -2.09. The van der Waals surface area contributed by atoms with Gasteiger partial charge in [0, 0.05) is 5.92 Å². The Morgan fingerprint density at radius 1 is 1.36 bits per heavy atom. The predicted molar refractivity (Wildman–Crippen MR) is 59.2 cm³/mol. The summed E-state index contributed by atoms with van der Waals surface area (Å²) in [5, 5.41) is 9.02. The number of ketones is 1. The van der Waals surface area contributed by atoms with Crippen LogP contribution in [-0.2, 0) is 4.79 Å². The van der Waals surface area contributed by atoms with Gasteiger partial charge in [-0.05, 0) is 18.9 Å². The number of aliphatic hydroxyl groups excluding tert-OH is 1. The Kier molecular flexibility index (Phi) is 8.54. The molecule has 0 rings (SSSR count). The van der Waals surface area contributed by atoms with Crippen LogP contribution in [0.5, 0.6) is 0 Å². The lowest BCUT2D eigenvalue weighted by molar-refractivity contribution is -0.119. The summed E-state index contributed by atoms with van der Waals surface area (Å²) >= 11 is 0. The average molecular weight is 198 g/mol. The molecule has 1 unspecified atom stereocenters. The van der Waals surface area contributed by atoms with E-state index in [1.165, 1.54) is 0 Å². The highest BCUT2D eigenvalue weighted by molar-refractivity contribution is 5.91. The summed E-state index contributed by atoms with van der Waals surface area (Å²) in [5.41, 5.74) is 0. The lowest BCUT2D eigenvalue weighted by atomic mass is 9.98. The van der Waals surface area contributed by atoms with Crippen LogP contribution in [0.25, 0.3) is 0 Å². The SMILES string of the molecule is CCCC=CC(=O)C(CO)CCCC. The zero-order valence-electron chi connectivity index (χ0n) is 9.33. The molecule has 2 heteroatoms. The van der Waals surface area contributed by atoms with Crippen LogP contribution in [0.3, 0.4) is 0 Å². The van der Waals surface area contributed by atoms with Crippen LogP contribution in [0, 0.1) is 5.92 Å². The maximum absolute atomic E-state index is 11.5. The van der Waals surface area contributed by atoms with Gasteiger partial charge >= 0.3 is 0 Å². The fourth-order valence-corrected chi connectivity index (χ4v) is 1.28. The van der Waals surface area contributed by atoms with E-state index in [2.05, 4.69) is 13.8 Å². The van der Waals surface area contributed by atoms with Crippen LogP contribution >= 0.6 is 0 Å². The first kappa shape index (κ1) is 13.4. The molecule has 0 aliphatic carbocycles. The molecule has 2 nitrogen and oxygen atoms in total. The van der Waals surface area contributed by atoms with Gasteiger partial charge in [0.15, 0.2) is 5.78 Å². The minimum atomic E-state index is -0.178. The van der Waals surface area contributed by atoms with Crippen LogP contribution < -0.4 is 0 Å². The summed E-state index contributed by atoms with van der Waals surface area (Å²) in [6.07, 6.45) is 8.42. The maximum Gasteiger partial charge on any atom is 0.160 e. The number of hydrogen-bond acceptors (Lipinski definition) is 2. The number of rotatable bonds is 8. The van der Waals surface area contributed by atoms with Gasteiger partial charge in [0.2, 0.25) is 0 Å². The van der Waals surface area contributed by atoms with E-state index < -0.39 is 0 Å². The molecule has 0 spiro atoms. The molecule has 0 aliphatic heterocycles. The first-order valence-electron chi connectivity index (χ1n) is 5.57. The monoisotopic (exact) mass is 198 g/mol. The number of hydrogen-bond donors (Lipinski definition) is 1. The number of allylic oxidation sites excluding steroid dienone is 2. The Bertz CT molecular complexity index is 173. The van der Waals surface area contributed by atoms with Crippen molar-refractivity contribution in [2.24, 2.45) is 5.92 Å². The second-order valence-corrected chi connectivity index (χ2v) is 3.62. The zero-order chi connectivity index (χ0) is 10.8. The first-order chi connectivity index (χ1) is 6.76. The molecule has 0 bridgehead atoms. The zero-order valence-corrected chi connectivity index (χ0v) is 9.33. The molecule has 14 heavy (non-hydrogen) atoms. The van der Waals surface area contributed by atoms with E-state index in [-0.39, 0.29) is 18.3 Å². The molecule has 0 amide bonds. The molecular formula is C12H22O2. The van der Waals surface area contributed by atoms with Gasteiger partial charge in [0.05, 0.1) is 6.61 Å². The maximum atomic E-state index is 11.5. The second-order valence-electron chi connectivity index (χ2n) is 3.62. The molecule has 0 radical (unpaired) electrons. The van der Waals surface area contributed by atoms with Gasteiger partial charge in [-0.3, -0.25) is 4.79 Å². The summed E-state index contributed by atoms with van der Waals surface area (Å²) in [7, 11) is 0. The topological polar surface area (TPSA) is 37.3 Å². The molecule has 1 atom stereocenters. The summed E-state index contributed by atoms with van der Waals surface area (Å²) in [5.74, 6) is -0.0996. The van der Waals surface area contributed by atoms with Crippen molar-refractivity contribution in [3.8, 4) is 0 Å². The van der Waals surface area contributed by atoms with Gasteiger partial charge in [-0.25, -0.2) is 0 Å². The van der Waals surface area contributed by atoms with Crippen molar-refractivity contribution in [3.05, 3.63) is 12.2 Å². The van der Waals surface area contributed by atoms with Gasteiger partial charge in [0.25, 0.3) is 0 Å². The fraction of sp³-hybridized carbons (Fsp3) is 0.750. The van der Waals surface area contributed by atoms with Crippen molar-refractivity contribution in [3.63, 3.8) is 0 Å². The summed E-state index contributed by atoms with van der Waals surface area (Å²) < 4.78 is 0. The number of unbranched alkanes of at least 4 members (excludes halogenated alkanes) is 2. The second kappa shape index (κ2) is 8.95. The van der Waals surface area contributed by atoms with E-state index >= 15 is 0 Å². The van der Waals surface area contributed by atoms with Crippen LogP contribution in [-0.4, -0.2) is 17.5 Å². The summed E-state index contributed by atoms with van der Waals surface area (Å²) in [6, 6.07) is 0. The van der Waals surface area contributed by atoms with Gasteiger partial charge in [-0.15, -0.1) is 0 Å². The first-order valence-corrected chi connectivity index (χ1v) is 5.57. The van der Waals surface area contributed by atoms with Gasteiger partial charge in [0.1, 0.15) is 0 Å². The Morgan fingerprint density at radius 3 is 2.57 bits per heavy atom. The number of aliphatic hydroxyl groups is 1. The highest BCUT2D eigenvalue weighted by atomic mass is 16.3. The van der Waals surface area contributed by atoms with Crippen LogP contribution in [0.15, 0.2) is 12.2 Å². The molecule has 0 aromatic carbocycles. The smallest absolute Gasteiger partial charge is 0.160 e. The fourth-order valence-electron chi connectivity index (χ4n) is 1.28. The van der Waals surface area contributed by atoms with Crippen molar-refractivity contribution in [1.82, 2.24) is 0 Å². The Hall–Kier alpha value is -0.630. The summed E-state index contributed by atoms with van der Waals surface area (Å²) in [6.45, 7) is 4.15. The summed E-state index contributed by atoms with van der Waals surface area (Å²) in [4.78, 5) is 11.5. The Balaban J connectivity index is 3.90. The third-order valence-corrected chi connectivity index (χ3v) is 2.27. The lowest BCUT2D eigenvalue weighted by Crippen LogP contribution is -2.16. The Morgan fingerprint density at radius 2 is 2.07 bits per heavy atom. The van der Waals surface area contributed by atoms with E-state index in [1.54, 1.807) is 6.08 Å². The van der Waals surface area contributed by atoms with E-state index in [1.807, 2.05) is 6.08 Å². The van der Waals surface area contributed by atoms with Crippen molar-refractivity contribution in [2.75, 3.05) is 6.61 Å². The third kappa shape index (κ3) is 5.92. The van der Waals surface area contributed by atoms with E-state index in [4.69, 9.17) is 5.11 Å². The molecule has 0 aromatic rings. The average Bonchev–Trinajstić information content (AvgIpc) is 2.19. The van der Waals surface area contributed by atoms with Crippen LogP contribution in [0.2, 0.25) is 0 Å². The molecule has 82 valence electrons. The normalized spacial score (nSPS) is 13.4. The molecule has 1 N–H and O–H groups in total. The molecule has 0 saturated heterocycles. The largest absolute Gasteiger partial charge is 0.396 e. The Labute approximate surface area is 87.0 Å². The molecule has 0 heterocycles. The van der Waals surface area contributed by atoms with Gasteiger partial charge in [-0.2, -0.15) is 0 Å². The van der Waals surface area contributed by atoms with Crippen molar-refractivity contribution in [1.29, 1.82) is 0 Å². The van der Waals surface area contributed by atoms with E-state index in [9.17, 15) is 4.79 Å². The molecule has 0 saturated carbocycles. The predicted octanol–water partition coefficient (Wildman–Crippen LogP) is 2.71. The van der Waals surface area contributed by atoms with Crippen molar-refractivity contribution < 1.29 is 9.90 Å². The minimum Gasteiger partial charge on any atom is -0.396 e. The molecule has 0 aliphatic rings. The van der Waals surface area contributed by atoms with Crippen molar-refractivity contribution in [2.45, 2.75) is 46.0 Å². The van der Waals surface area contributed by atoms with Crippen LogP contribution in [0.4, 0.5) is 0 Å². The molecular weight excluding hydrogens is 176 g/mol. The van der Waals surface area contributed by atoms with Crippen molar-refractivity contribution >= 4 is 5.78 Å². The third-order valence-electron chi connectivity index (χ3n) is 2.27. The van der Waals surface area contributed by atoms with Gasteiger partial charge in [-0.1, -0.05) is 39.2 Å². The highest BCUT2D eigenvalue weighted by Crippen LogP contribution is 2.10.